The highest BCUT2D eigenvalue weighted by Gasteiger charge is 2.17. The van der Waals surface area contributed by atoms with Gasteiger partial charge < -0.3 is 14.4 Å². The van der Waals surface area contributed by atoms with Crippen LogP contribution in [0.3, 0.4) is 0 Å². The van der Waals surface area contributed by atoms with E-state index >= 15 is 0 Å². The van der Waals surface area contributed by atoms with E-state index in [2.05, 4.69) is 22.1 Å². The van der Waals surface area contributed by atoms with Crippen LogP contribution < -0.4 is 4.90 Å². The fraction of sp³-hybridized carbons (Fsp3) is 0.273. The lowest BCUT2D eigenvalue weighted by atomic mass is 10.1. The molecule has 1 N–H and O–H groups in total. The molecule has 1 aromatic carbocycles. The second-order valence-corrected chi connectivity index (χ2v) is 3.90. The van der Waals surface area contributed by atoms with Gasteiger partial charge in [-0.2, -0.15) is 0 Å². The van der Waals surface area contributed by atoms with E-state index in [1.54, 1.807) is 0 Å². The first-order chi connectivity index (χ1) is 7.74. The molecule has 2 heterocycles. The number of aromatic nitrogens is 2. The van der Waals surface area contributed by atoms with Crippen molar-refractivity contribution in [3.63, 3.8) is 0 Å². The van der Waals surface area contributed by atoms with E-state index in [1.807, 2.05) is 18.2 Å². The molecule has 0 aliphatic carbocycles. The van der Waals surface area contributed by atoms with Crippen molar-refractivity contribution in [2.24, 2.45) is 0 Å². The van der Waals surface area contributed by atoms with Gasteiger partial charge in [0.05, 0.1) is 0 Å². The molecule has 0 radical (unpaired) electrons. The molecule has 0 unspecified atom stereocenters. The molecule has 16 heavy (non-hydrogen) atoms. The minimum atomic E-state index is -0.396. The third-order valence-electron chi connectivity index (χ3n) is 2.87. The van der Waals surface area contributed by atoms with Gasteiger partial charge in [0.1, 0.15) is 0 Å². The Balaban J connectivity index is 2.05. The second kappa shape index (κ2) is 3.23. The minimum absolute atomic E-state index is 0.356. The van der Waals surface area contributed by atoms with Gasteiger partial charge in [0.2, 0.25) is 0 Å². The largest absolute Gasteiger partial charge is 0.465 e. The second-order valence-electron chi connectivity index (χ2n) is 3.90. The van der Waals surface area contributed by atoms with E-state index in [1.165, 1.54) is 11.3 Å². The van der Waals surface area contributed by atoms with Crippen LogP contribution in [0.2, 0.25) is 0 Å². The SMILES string of the molecule is CN1CCc2cc(-c3nnc(O)o3)ccc21. The zero-order valence-corrected chi connectivity index (χ0v) is 8.84. The van der Waals surface area contributed by atoms with E-state index in [4.69, 9.17) is 9.52 Å². The Bertz CT molecular complexity index is 536. The van der Waals surface area contributed by atoms with Gasteiger partial charge in [-0.3, -0.25) is 0 Å². The van der Waals surface area contributed by atoms with E-state index < -0.39 is 6.08 Å². The molecule has 0 saturated carbocycles. The zero-order chi connectivity index (χ0) is 11.1. The van der Waals surface area contributed by atoms with Crippen LogP contribution >= 0.6 is 0 Å². The minimum Gasteiger partial charge on any atom is -0.465 e. The molecule has 0 amide bonds. The molecule has 2 aromatic rings. The van der Waals surface area contributed by atoms with Crippen molar-refractivity contribution in [2.75, 3.05) is 18.5 Å². The molecular weight excluding hydrogens is 206 g/mol. The van der Waals surface area contributed by atoms with Crippen LogP contribution in [0.25, 0.3) is 11.5 Å². The summed E-state index contributed by atoms with van der Waals surface area (Å²) in [6.07, 6.45) is 0.632. The molecule has 5 nitrogen and oxygen atoms in total. The lowest BCUT2D eigenvalue weighted by molar-refractivity contribution is 0.320. The maximum atomic E-state index is 9.00. The van der Waals surface area contributed by atoms with Gasteiger partial charge in [-0.15, -0.1) is 5.10 Å². The van der Waals surface area contributed by atoms with Crippen molar-refractivity contribution in [2.45, 2.75) is 6.42 Å². The molecule has 1 aliphatic heterocycles. The third kappa shape index (κ3) is 1.32. The first-order valence-electron chi connectivity index (χ1n) is 5.11. The number of hydrogen-bond acceptors (Lipinski definition) is 5. The number of benzene rings is 1. The predicted molar refractivity (Wildman–Crippen MR) is 58.4 cm³/mol. The molecule has 0 atom stereocenters. The first-order valence-corrected chi connectivity index (χ1v) is 5.11. The summed E-state index contributed by atoms with van der Waals surface area (Å²) in [4.78, 5) is 2.21. The highest BCUT2D eigenvalue weighted by atomic mass is 16.5. The van der Waals surface area contributed by atoms with Crippen LogP contribution in [-0.2, 0) is 6.42 Å². The third-order valence-corrected chi connectivity index (χ3v) is 2.87. The summed E-state index contributed by atoms with van der Waals surface area (Å²) in [6, 6.07) is 6.00. The molecule has 3 rings (SSSR count). The number of hydrogen-bond donors (Lipinski definition) is 1. The summed E-state index contributed by atoms with van der Waals surface area (Å²) in [6.45, 7) is 1.04. The van der Waals surface area contributed by atoms with Crippen LogP contribution in [0, 0.1) is 0 Å². The molecule has 0 spiro atoms. The van der Waals surface area contributed by atoms with Gasteiger partial charge in [0.25, 0.3) is 5.89 Å². The summed E-state index contributed by atoms with van der Waals surface area (Å²) in [5.41, 5.74) is 3.37. The Kier molecular flexibility index (Phi) is 1.86. The standard InChI is InChI=1S/C11H11N3O2/c1-14-5-4-7-6-8(2-3-9(7)14)10-12-13-11(15)16-10/h2-3,6H,4-5H2,1H3,(H,13,15). The number of rotatable bonds is 1. The average molecular weight is 217 g/mol. The molecular formula is C11H11N3O2. The van der Waals surface area contributed by atoms with Crippen molar-refractivity contribution in [3.05, 3.63) is 23.8 Å². The fourth-order valence-electron chi connectivity index (χ4n) is 2.03. The summed E-state index contributed by atoms with van der Waals surface area (Å²) >= 11 is 0. The number of nitrogens with zero attached hydrogens (tertiary/aromatic N) is 3. The van der Waals surface area contributed by atoms with E-state index in [0.717, 1.165) is 18.5 Å². The molecule has 0 bridgehead atoms. The van der Waals surface area contributed by atoms with Crippen LogP contribution in [0.1, 0.15) is 5.56 Å². The Morgan fingerprint density at radius 3 is 3.00 bits per heavy atom. The van der Waals surface area contributed by atoms with Crippen molar-refractivity contribution >= 4 is 5.69 Å². The van der Waals surface area contributed by atoms with E-state index in [-0.39, 0.29) is 0 Å². The van der Waals surface area contributed by atoms with Gasteiger partial charge in [-0.25, -0.2) is 0 Å². The van der Waals surface area contributed by atoms with Crippen molar-refractivity contribution in [1.82, 2.24) is 10.2 Å². The molecule has 1 aliphatic rings. The maximum absolute atomic E-state index is 9.00. The average Bonchev–Trinajstić information content (AvgIpc) is 2.86. The molecule has 1 aromatic heterocycles. The summed E-state index contributed by atoms with van der Waals surface area (Å²) < 4.78 is 4.98. The van der Waals surface area contributed by atoms with Crippen molar-refractivity contribution < 1.29 is 9.52 Å². The Hall–Kier alpha value is -2.04. The lowest BCUT2D eigenvalue weighted by Gasteiger charge is -2.11. The van der Waals surface area contributed by atoms with E-state index in [0.29, 0.717) is 5.89 Å². The van der Waals surface area contributed by atoms with Gasteiger partial charge in [0, 0.05) is 24.8 Å². The number of fused-ring (bicyclic) bond motifs is 1. The predicted octanol–water partition coefficient (Wildman–Crippen LogP) is 1.43. The van der Waals surface area contributed by atoms with Crippen LogP contribution in [0.4, 0.5) is 5.69 Å². The summed E-state index contributed by atoms with van der Waals surface area (Å²) in [5.74, 6) is 0.356. The summed E-state index contributed by atoms with van der Waals surface area (Å²) in [5, 5.41) is 16.2. The highest BCUT2D eigenvalue weighted by molar-refractivity contribution is 5.65. The Morgan fingerprint density at radius 2 is 2.25 bits per heavy atom. The smallest absolute Gasteiger partial charge is 0.412 e. The summed E-state index contributed by atoms with van der Waals surface area (Å²) in [7, 11) is 2.07. The van der Waals surface area contributed by atoms with Crippen LogP contribution in [0.5, 0.6) is 6.08 Å². The monoisotopic (exact) mass is 217 g/mol. The van der Waals surface area contributed by atoms with Crippen LogP contribution in [-0.4, -0.2) is 28.9 Å². The van der Waals surface area contributed by atoms with Crippen LogP contribution in [0.15, 0.2) is 22.6 Å². The first kappa shape index (κ1) is 9.21. The fourth-order valence-corrected chi connectivity index (χ4v) is 2.03. The molecule has 5 heteroatoms. The molecule has 0 saturated heterocycles. The van der Waals surface area contributed by atoms with Gasteiger partial charge >= 0.3 is 6.08 Å². The number of anilines is 1. The Labute approximate surface area is 92.3 Å². The van der Waals surface area contributed by atoms with Gasteiger partial charge in [-0.05, 0) is 30.2 Å². The number of aromatic hydroxyl groups is 1. The Morgan fingerprint density at radius 1 is 1.38 bits per heavy atom. The molecule has 82 valence electrons. The quantitative estimate of drug-likeness (QED) is 0.783. The van der Waals surface area contributed by atoms with E-state index in [9.17, 15) is 0 Å². The lowest BCUT2D eigenvalue weighted by Crippen LogP contribution is -2.12. The van der Waals surface area contributed by atoms with Gasteiger partial charge in [0.15, 0.2) is 0 Å². The topological polar surface area (TPSA) is 62.4 Å². The van der Waals surface area contributed by atoms with Crippen molar-refractivity contribution in [1.29, 1.82) is 0 Å². The maximum Gasteiger partial charge on any atom is 0.412 e. The molecule has 0 fully saturated rings. The highest BCUT2D eigenvalue weighted by Crippen LogP contribution is 2.31. The zero-order valence-electron chi connectivity index (χ0n) is 8.84. The normalized spacial score (nSPS) is 14.2. The van der Waals surface area contributed by atoms with Crippen molar-refractivity contribution in [3.8, 4) is 17.5 Å². The van der Waals surface area contributed by atoms with Gasteiger partial charge in [-0.1, -0.05) is 5.10 Å². The number of likely N-dealkylation sites (N-methyl/N-ethyl adjacent to an activating group) is 1.